The fourth-order valence-corrected chi connectivity index (χ4v) is 2.80. The van der Waals surface area contributed by atoms with E-state index in [0.717, 1.165) is 4.90 Å². The van der Waals surface area contributed by atoms with Crippen LogP contribution in [0.25, 0.3) is 6.08 Å². The van der Waals surface area contributed by atoms with Crippen molar-refractivity contribution >= 4 is 29.6 Å². The van der Waals surface area contributed by atoms with Crippen LogP contribution in [0.5, 0.6) is 23.0 Å². The van der Waals surface area contributed by atoms with E-state index in [2.05, 4.69) is 5.32 Å². The van der Waals surface area contributed by atoms with Crippen molar-refractivity contribution in [2.45, 2.75) is 0 Å². The SMILES string of the molecule is COc1ccc(OC)c(N2C(=O)NC(=O)C(=Cc3ccc(O)c(OC)c3)C2=O)c1. The van der Waals surface area contributed by atoms with Crippen molar-refractivity contribution in [1.29, 1.82) is 0 Å². The number of urea groups is 1. The second kappa shape index (κ2) is 7.93. The topological polar surface area (TPSA) is 114 Å². The number of amides is 4. The normalized spacial score (nSPS) is 15.3. The first-order valence-electron chi connectivity index (χ1n) is 8.40. The summed E-state index contributed by atoms with van der Waals surface area (Å²) in [6.45, 7) is 0. The fourth-order valence-electron chi connectivity index (χ4n) is 2.80. The van der Waals surface area contributed by atoms with Crippen molar-refractivity contribution in [2.24, 2.45) is 0 Å². The van der Waals surface area contributed by atoms with Crippen molar-refractivity contribution in [1.82, 2.24) is 5.32 Å². The van der Waals surface area contributed by atoms with E-state index in [1.54, 1.807) is 12.1 Å². The van der Waals surface area contributed by atoms with Gasteiger partial charge in [0, 0.05) is 6.07 Å². The molecule has 0 aromatic heterocycles. The van der Waals surface area contributed by atoms with Crippen LogP contribution < -0.4 is 24.4 Å². The Bertz CT molecular complexity index is 1030. The number of ether oxygens (including phenoxy) is 3. The van der Waals surface area contributed by atoms with Crippen molar-refractivity contribution < 1.29 is 33.7 Å². The number of phenolic OH excluding ortho intramolecular Hbond substituents is 1. The molecule has 0 radical (unpaired) electrons. The van der Waals surface area contributed by atoms with Crippen LogP contribution in [0.4, 0.5) is 10.5 Å². The lowest BCUT2D eigenvalue weighted by Crippen LogP contribution is -2.54. The molecule has 4 amide bonds. The molecule has 0 spiro atoms. The molecule has 1 aliphatic rings. The number of phenols is 1. The Morgan fingerprint density at radius 2 is 1.66 bits per heavy atom. The van der Waals surface area contributed by atoms with Crippen LogP contribution in [-0.4, -0.2) is 44.3 Å². The highest BCUT2D eigenvalue weighted by Crippen LogP contribution is 2.35. The van der Waals surface area contributed by atoms with Gasteiger partial charge in [0.1, 0.15) is 17.1 Å². The molecule has 1 heterocycles. The van der Waals surface area contributed by atoms with Crippen molar-refractivity contribution in [3.63, 3.8) is 0 Å². The van der Waals surface area contributed by atoms with E-state index >= 15 is 0 Å². The zero-order valence-electron chi connectivity index (χ0n) is 15.9. The number of nitrogens with zero attached hydrogens (tertiary/aromatic N) is 1. The van der Waals surface area contributed by atoms with Crippen LogP contribution in [0.1, 0.15) is 5.56 Å². The number of methoxy groups -OCH3 is 3. The molecule has 29 heavy (non-hydrogen) atoms. The molecule has 0 saturated carbocycles. The molecule has 0 atom stereocenters. The Labute approximate surface area is 166 Å². The quantitative estimate of drug-likeness (QED) is 0.585. The van der Waals surface area contributed by atoms with Gasteiger partial charge in [0.15, 0.2) is 11.5 Å². The van der Waals surface area contributed by atoms with Gasteiger partial charge >= 0.3 is 6.03 Å². The van der Waals surface area contributed by atoms with E-state index in [4.69, 9.17) is 14.2 Å². The largest absolute Gasteiger partial charge is 0.504 e. The van der Waals surface area contributed by atoms with Gasteiger partial charge in [0.05, 0.1) is 27.0 Å². The first kappa shape index (κ1) is 19.7. The second-order valence-corrected chi connectivity index (χ2v) is 5.93. The van der Waals surface area contributed by atoms with E-state index in [9.17, 15) is 19.5 Å². The van der Waals surface area contributed by atoms with Gasteiger partial charge in [0.25, 0.3) is 11.8 Å². The van der Waals surface area contributed by atoms with Gasteiger partial charge in [-0.1, -0.05) is 6.07 Å². The maximum absolute atomic E-state index is 13.0. The molecular weight excluding hydrogens is 380 g/mol. The average molecular weight is 398 g/mol. The molecule has 0 aliphatic carbocycles. The monoisotopic (exact) mass is 398 g/mol. The van der Waals surface area contributed by atoms with Crippen molar-refractivity contribution in [3.05, 3.63) is 47.5 Å². The van der Waals surface area contributed by atoms with Crippen molar-refractivity contribution in [2.75, 3.05) is 26.2 Å². The smallest absolute Gasteiger partial charge is 0.336 e. The summed E-state index contributed by atoms with van der Waals surface area (Å²) in [5.41, 5.74) is 0.267. The number of rotatable bonds is 5. The van der Waals surface area contributed by atoms with Crippen LogP contribution in [0.2, 0.25) is 0 Å². The second-order valence-electron chi connectivity index (χ2n) is 5.93. The van der Waals surface area contributed by atoms with E-state index in [-0.39, 0.29) is 28.5 Å². The van der Waals surface area contributed by atoms with Crippen LogP contribution in [-0.2, 0) is 9.59 Å². The third-order valence-electron chi connectivity index (χ3n) is 4.24. The number of anilines is 1. The Hall–Kier alpha value is -4.01. The fraction of sp³-hybridized carbons (Fsp3) is 0.150. The number of carbonyl (C=O) groups excluding carboxylic acids is 3. The molecule has 1 saturated heterocycles. The van der Waals surface area contributed by atoms with Gasteiger partial charge in [-0.25, -0.2) is 9.69 Å². The maximum atomic E-state index is 13.0. The van der Waals surface area contributed by atoms with E-state index < -0.39 is 17.8 Å². The van der Waals surface area contributed by atoms with Crippen LogP contribution in [0, 0.1) is 0 Å². The number of carbonyl (C=O) groups is 3. The maximum Gasteiger partial charge on any atom is 0.336 e. The molecule has 9 nitrogen and oxygen atoms in total. The third kappa shape index (κ3) is 3.70. The summed E-state index contributed by atoms with van der Waals surface area (Å²) in [5, 5.41) is 11.8. The molecule has 0 unspecified atom stereocenters. The minimum atomic E-state index is -0.910. The molecule has 3 rings (SSSR count). The summed E-state index contributed by atoms with van der Waals surface area (Å²) in [5.74, 6) is -0.957. The minimum Gasteiger partial charge on any atom is -0.504 e. The summed E-state index contributed by atoms with van der Waals surface area (Å²) in [7, 11) is 4.21. The Kier molecular flexibility index (Phi) is 5.40. The summed E-state index contributed by atoms with van der Waals surface area (Å²) >= 11 is 0. The van der Waals surface area contributed by atoms with Gasteiger partial charge in [-0.05, 0) is 35.9 Å². The zero-order chi connectivity index (χ0) is 21.1. The van der Waals surface area contributed by atoms with Crippen LogP contribution in [0.3, 0.4) is 0 Å². The molecule has 1 aliphatic heterocycles. The Balaban J connectivity index is 2.07. The summed E-state index contributed by atoms with van der Waals surface area (Å²) in [4.78, 5) is 38.6. The van der Waals surface area contributed by atoms with E-state index in [1.807, 2.05) is 0 Å². The number of barbiturate groups is 1. The minimum absolute atomic E-state index is 0.0907. The van der Waals surface area contributed by atoms with Gasteiger partial charge in [0.2, 0.25) is 0 Å². The van der Waals surface area contributed by atoms with E-state index in [0.29, 0.717) is 11.3 Å². The number of imide groups is 2. The number of hydrogen-bond acceptors (Lipinski definition) is 7. The standard InChI is InChI=1S/C20H18N2O7/c1-27-12-5-7-16(28-2)14(10-12)22-19(25)13(18(24)21-20(22)26)8-11-4-6-15(23)17(9-11)29-3/h4-10,23H,1-3H3,(H,21,24,26). The average Bonchev–Trinajstić information content (AvgIpc) is 2.71. The highest BCUT2D eigenvalue weighted by Gasteiger charge is 2.38. The zero-order valence-corrected chi connectivity index (χ0v) is 15.9. The molecule has 0 bridgehead atoms. The van der Waals surface area contributed by atoms with Gasteiger partial charge < -0.3 is 19.3 Å². The third-order valence-corrected chi connectivity index (χ3v) is 4.24. The number of nitrogens with one attached hydrogen (secondary N) is 1. The van der Waals surface area contributed by atoms with E-state index in [1.165, 1.54) is 51.7 Å². The molecule has 9 heteroatoms. The van der Waals surface area contributed by atoms with Crippen LogP contribution >= 0.6 is 0 Å². The highest BCUT2D eigenvalue weighted by molar-refractivity contribution is 6.39. The summed E-state index contributed by atoms with van der Waals surface area (Å²) < 4.78 is 15.4. The molecule has 2 aromatic rings. The predicted octanol–water partition coefficient (Wildman–Crippen LogP) is 2.08. The first-order valence-corrected chi connectivity index (χ1v) is 8.40. The summed E-state index contributed by atoms with van der Waals surface area (Å²) in [6, 6.07) is 8.01. The lowest BCUT2D eigenvalue weighted by molar-refractivity contribution is -0.122. The predicted molar refractivity (Wildman–Crippen MR) is 103 cm³/mol. The highest BCUT2D eigenvalue weighted by atomic mass is 16.5. The van der Waals surface area contributed by atoms with Gasteiger partial charge in [-0.2, -0.15) is 0 Å². The molecule has 150 valence electrons. The molecule has 1 fully saturated rings. The first-order chi connectivity index (χ1) is 13.9. The lowest BCUT2D eigenvalue weighted by Gasteiger charge is -2.27. The Morgan fingerprint density at radius 3 is 2.31 bits per heavy atom. The molecule has 2 N–H and O–H groups in total. The van der Waals surface area contributed by atoms with Gasteiger partial charge in [-0.15, -0.1) is 0 Å². The Morgan fingerprint density at radius 1 is 0.931 bits per heavy atom. The van der Waals surface area contributed by atoms with Crippen LogP contribution in [0.15, 0.2) is 42.0 Å². The number of hydrogen-bond donors (Lipinski definition) is 2. The molecule has 2 aromatic carbocycles. The molecular formula is C20H18N2O7. The summed E-state index contributed by atoms with van der Waals surface area (Å²) in [6.07, 6.45) is 1.30. The lowest BCUT2D eigenvalue weighted by atomic mass is 10.1. The van der Waals surface area contributed by atoms with Gasteiger partial charge in [-0.3, -0.25) is 14.9 Å². The number of aromatic hydroxyl groups is 1. The number of benzene rings is 2. The van der Waals surface area contributed by atoms with Crippen molar-refractivity contribution in [3.8, 4) is 23.0 Å².